The van der Waals surface area contributed by atoms with Crippen molar-refractivity contribution in [3.8, 4) is 0 Å². The lowest BCUT2D eigenvalue weighted by Gasteiger charge is -2.22. The largest absolute Gasteiger partial charge is 0.398 e. The van der Waals surface area contributed by atoms with Gasteiger partial charge in [0.1, 0.15) is 4.90 Å². The van der Waals surface area contributed by atoms with E-state index in [1.165, 1.54) is 6.07 Å². The van der Waals surface area contributed by atoms with Crippen LogP contribution in [0.4, 0.5) is 5.69 Å². The predicted octanol–water partition coefficient (Wildman–Crippen LogP) is 2.47. The summed E-state index contributed by atoms with van der Waals surface area (Å²) < 4.78 is 32.7. The number of benzene rings is 1. The number of nitrogens with two attached hydrogens (primary N) is 1. The molecule has 0 aliphatic carbocycles. The molecule has 3 N–H and O–H groups in total. The first-order valence-electron chi connectivity index (χ1n) is 7.07. The van der Waals surface area contributed by atoms with Crippen LogP contribution in [0, 0.1) is 6.92 Å². The second kappa shape index (κ2) is 6.96. The molecule has 1 aromatic rings. The molecule has 0 radical (unpaired) electrons. The van der Waals surface area contributed by atoms with Crippen LogP contribution in [0.15, 0.2) is 17.0 Å². The summed E-state index contributed by atoms with van der Waals surface area (Å²) in [5.74, 6) is 0. The number of hydrogen-bond donors (Lipinski definition) is 2. The first kappa shape index (κ1) is 16.5. The molecular formula is C14H21ClN2O3S. The monoisotopic (exact) mass is 332 g/mol. The molecule has 1 unspecified atom stereocenters. The summed E-state index contributed by atoms with van der Waals surface area (Å²) in [4.78, 5) is 0.0248. The Morgan fingerprint density at radius 1 is 1.43 bits per heavy atom. The van der Waals surface area contributed by atoms with Gasteiger partial charge in [0.05, 0.1) is 11.1 Å². The van der Waals surface area contributed by atoms with Crippen LogP contribution >= 0.6 is 11.6 Å². The molecule has 1 aromatic carbocycles. The van der Waals surface area contributed by atoms with E-state index in [9.17, 15) is 8.42 Å². The van der Waals surface area contributed by atoms with Crippen LogP contribution in [0.2, 0.25) is 5.02 Å². The van der Waals surface area contributed by atoms with Gasteiger partial charge in [-0.15, -0.1) is 0 Å². The second-order valence-corrected chi connectivity index (χ2v) is 7.46. The lowest BCUT2D eigenvalue weighted by molar-refractivity contribution is 0.0123. The second-order valence-electron chi connectivity index (χ2n) is 5.31. The van der Waals surface area contributed by atoms with E-state index in [-0.39, 0.29) is 16.0 Å². The Hall–Kier alpha value is -0.820. The first-order chi connectivity index (χ1) is 9.90. The van der Waals surface area contributed by atoms with Gasteiger partial charge in [-0.2, -0.15) is 0 Å². The van der Waals surface area contributed by atoms with Gasteiger partial charge in [-0.25, -0.2) is 13.1 Å². The van der Waals surface area contributed by atoms with Crippen LogP contribution in [0.1, 0.15) is 31.2 Å². The van der Waals surface area contributed by atoms with E-state index in [0.717, 1.165) is 31.4 Å². The van der Waals surface area contributed by atoms with Gasteiger partial charge in [0.15, 0.2) is 0 Å². The Labute approximate surface area is 130 Å². The first-order valence-corrected chi connectivity index (χ1v) is 8.93. The average molecular weight is 333 g/mol. The lowest BCUT2D eigenvalue weighted by atomic mass is 10.1. The van der Waals surface area contributed by atoms with Crippen LogP contribution in [-0.4, -0.2) is 27.7 Å². The van der Waals surface area contributed by atoms with Crippen LogP contribution < -0.4 is 10.5 Å². The van der Waals surface area contributed by atoms with Gasteiger partial charge in [-0.05, 0) is 50.3 Å². The van der Waals surface area contributed by atoms with Gasteiger partial charge in [-0.1, -0.05) is 11.6 Å². The van der Waals surface area contributed by atoms with Gasteiger partial charge >= 0.3 is 0 Å². The molecule has 0 aromatic heterocycles. The predicted molar refractivity (Wildman–Crippen MR) is 84.0 cm³/mol. The third-order valence-corrected chi connectivity index (χ3v) is 5.57. The third kappa shape index (κ3) is 4.32. The zero-order chi connectivity index (χ0) is 15.5. The number of aryl methyl sites for hydroxylation is 1. The minimum absolute atomic E-state index is 0.0248. The Balaban J connectivity index is 1.99. The van der Waals surface area contributed by atoms with E-state index in [2.05, 4.69) is 4.72 Å². The van der Waals surface area contributed by atoms with Crippen LogP contribution in [-0.2, 0) is 14.8 Å². The van der Waals surface area contributed by atoms with Gasteiger partial charge in [0, 0.05) is 18.8 Å². The Kier molecular flexibility index (Phi) is 5.48. The van der Waals surface area contributed by atoms with Gasteiger partial charge in [0.25, 0.3) is 0 Å². The van der Waals surface area contributed by atoms with Crippen molar-refractivity contribution in [3.05, 3.63) is 22.7 Å². The van der Waals surface area contributed by atoms with Crippen LogP contribution in [0.3, 0.4) is 0 Å². The smallest absolute Gasteiger partial charge is 0.242 e. The van der Waals surface area contributed by atoms with Crippen molar-refractivity contribution in [2.45, 2.75) is 43.6 Å². The minimum Gasteiger partial charge on any atom is -0.398 e. The summed E-state index contributed by atoms with van der Waals surface area (Å²) in [7, 11) is -3.65. The molecule has 1 saturated heterocycles. The average Bonchev–Trinajstić information content (AvgIpc) is 2.43. The van der Waals surface area contributed by atoms with Crippen molar-refractivity contribution in [2.75, 3.05) is 18.9 Å². The van der Waals surface area contributed by atoms with Crippen molar-refractivity contribution in [1.82, 2.24) is 4.72 Å². The quantitative estimate of drug-likeness (QED) is 0.811. The summed E-state index contributed by atoms with van der Waals surface area (Å²) in [6.07, 6.45) is 4.01. The topological polar surface area (TPSA) is 81.4 Å². The summed E-state index contributed by atoms with van der Waals surface area (Å²) in [5, 5.41) is 0.183. The molecule has 5 nitrogen and oxygen atoms in total. The molecule has 1 atom stereocenters. The molecule has 1 aliphatic heterocycles. The number of nitrogens with one attached hydrogen (secondary N) is 1. The number of halogens is 1. The van der Waals surface area contributed by atoms with E-state index < -0.39 is 10.0 Å². The SMILES string of the molecule is Cc1cc(Cl)c(S(=O)(=O)NCCC2CCCCO2)cc1N. The lowest BCUT2D eigenvalue weighted by Crippen LogP contribution is -2.29. The van der Waals surface area contributed by atoms with E-state index in [1.54, 1.807) is 13.0 Å². The normalized spacial score (nSPS) is 19.6. The maximum Gasteiger partial charge on any atom is 0.242 e. The third-order valence-electron chi connectivity index (χ3n) is 3.64. The summed E-state index contributed by atoms with van der Waals surface area (Å²) >= 11 is 6.01. The van der Waals surface area contributed by atoms with Crippen molar-refractivity contribution in [1.29, 1.82) is 0 Å². The van der Waals surface area contributed by atoms with Gasteiger partial charge in [0.2, 0.25) is 10.0 Å². The number of nitrogen functional groups attached to an aromatic ring is 1. The number of ether oxygens (including phenoxy) is 1. The Morgan fingerprint density at radius 2 is 2.19 bits per heavy atom. The van der Waals surface area contributed by atoms with E-state index in [1.807, 2.05) is 0 Å². The molecule has 0 bridgehead atoms. The van der Waals surface area contributed by atoms with Crippen molar-refractivity contribution < 1.29 is 13.2 Å². The van der Waals surface area contributed by atoms with Crippen LogP contribution in [0.5, 0.6) is 0 Å². The molecule has 0 amide bonds. The highest BCUT2D eigenvalue weighted by Crippen LogP contribution is 2.26. The van der Waals surface area contributed by atoms with Gasteiger partial charge in [-0.3, -0.25) is 0 Å². The summed E-state index contributed by atoms with van der Waals surface area (Å²) in [6, 6.07) is 2.97. The number of hydrogen-bond acceptors (Lipinski definition) is 4. The highest BCUT2D eigenvalue weighted by atomic mass is 35.5. The Bertz CT molecular complexity index is 598. The van der Waals surface area contributed by atoms with E-state index in [0.29, 0.717) is 18.7 Å². The fourth-order valence-electron chi connectivity index (χ4n) is 2.34. The molecule has 21 heavy (non-hydrogen) atoms. The zero-order valence-electron chi connectivity index (χ0n) is 12.1. The van der Waals surface area contributed by atoms with E-state index >= 15 is 0 Å². The van der Waals surface area contributed by atoms with Crippen molar-refractivity contribution >= 4 is 27.3 Å². The number of anilines is 1. The standard InChI is InChI=1S/C14H21ClN2O3S/c1-10-8-12(15)14(9-13(10)16)21(18,19)17-6-5-11-4-2-3-7-20-11/h8-9,11,17H,2-7,16H2,1H3. The molecule has 1 aliphatic rings. The fraction of sp³-hybridized carbons (Fsp3) is 0.571. The minimum atomic E-state index is -3.65. The zero-order valence-corrected chi connectivity index (χ0v) is 13.6. The maximum atomic E-state index is 12.3. The summed E-state index contributed by atoms with van der Waals surface area (Å²) in [5.41, 5.74) is 6.93. The summed E-state index contributed by atoms with van der Waals surface area (Å²) in [6.45, 7) is 2.88. The molecule has 118 valence electrons. The molecule has 0 saturated carbocycles. The number of sulfonamides is 1. The van der Waals surface area contributed by atoms with Gasteiger partial charge < -0.3 is 10.5 Å². The number of rotatable bonds is 5. The highest BCUT2D eigenvalue weighted by Gasteiger charge is 2.20. The van der Waals surface area contributed by atoms with Crippen LogP contribution in [0.25, 0.3) is 0 Å². The molecule has 2 rings (SSSR count). The molecule has 0 spiro atoms. The Morgan fingerprint density at radius 3 is 2.86 bits per heavy atom. The molecule has 7 heteroatoms. The maximum absolute atomic E-state index is 12.3. The highest BCUT2D eigenvalue weighted by molar-refractivity contribution is 7.89. The fourth-order valence-corrected chi connectivity index (χ4v) is 4.00. The molecular weight excluding hydrogens is 312 g/mol. The van der Waals surface area contributed by atoms with Crippen molar-refractivity contribution in [3.63, 3.8) is 0 Å². The van der Waals surface area contributed by atoms with Crippen molar-refractivity contribution in [2.24, 2.45) is 0 Å². The van der Waals surface area contributed by atoms with E-state index in [4.69, 9.17) is 22.1 Å². The molecule has 1 fully saturated rings. The molecule has 1 heterocycles.